The van der Waals surface area contributed by atoms with Gasteiger partial charge in [-0.25, -0.2) is 4.98 Å². The van der Waals surface area contributed by atoms with Crippen molar-refractivity contribution >= 4 is 11.3 Å². The monoisotopic (exact) mass is 296 g/mol. The van der Waals surface area contributed by atoms with E-state index in [0.717, 1.165) is 26.0 Å². The highest BCUT2D eigenvalue weighted by molar-refractivity contribution is 7.09. The first-order chi connectivity index (χ1) is 9.80. The Bertz CT molecular complexity index is 355. The van der Waals surface area contributed by atoms with Crippen molar-refractivity contribution in [3.8, 4) is 0 Å². The van der Waals surface area contributed by atoms with Crippen LogP contribution in [-0.2, 0) is 11.2 Å². The number of hydrogen-bond donors (Lipinski definition) is 1. The first-order valence-corrected chi connectivity index (χ1v) is 8.94. The molecule has 3 nitrogen and oxygen atoms in total. The maximum absolute atomic E-state index is 6.29. The van der Waals surface area contributed by atoms with E-state index in [0.29, 0.717) is 6.04 Å². The lowest BCUT2D eigenvalue weighted by Crippen LogP contribution is -2.55. The van der Waals surface area contributed by atoms with Crippen LogP contribution in [0, 0.1) is 0 Å². The van der Waals surface area contributed by atoms with Gasteiger partial charge in [-0.2, -0.15) is 0 Å². The van der Waals surface area contributed by atoms with E-state index in [1.54, 1.807) is 11.3 Å². The van der Waals surface area contributed by atoms with Crippen LogP contribution in [0.25, 0.3) is 0 Å². The number of aromatic nitrogens is 1. The van der Waals surface area contributed by atoms with Gasteiger partial charge in [0.15, 0.2) is 0 Å². The predicted octanol–water partition coefficient (Wildman–Crippen LogP) is 3.79. The molecule has 20 heavy (non-hydrogen) atoms. The lowest BCUT2D eigenvalue weighted by molar-refractivity contribution is -0.0897. The van der Waals surface area contributed by atoms with Gasteiger partial charge in [0.2, 0.25) is 0 Å². The van der Waals surface area contributed by atoms with E-state index >= 15 is 0 Å². The number of nitrogens with zero attached hydrogens (tertiary/aromatic N) is 1. The summed E-state index contributed by atoms with van der Waals surface area (Å²) in [6.45, 7) is 6.21. The molecule has 1 aliphatic rings. The first kappa shape index (κ1) is 15.9. The van der Waals surface area contributed by atoms with E-state index in [-0.39, 0.29) is 5.60 Å². The third-order valence-corrected chi connectivity index (χ3v) is 5.07. The van der Waals surface area contributed by atoms with Gasteiger partial charge in [-0.3, -0.25) is 0 Å². The van der Waals surface area contributed by atoms with Gasteiger partial charge in [0.25, 0.3) is 0 Å². The molecule has 0 radical (unpaired) electrons. The maximum atomic E-state index is 6.29. The molecule has 1 unspecified atom stereocenters. The molecule has 0 bridgehead atoms. The van der Waals surface area contributed by atoms with E-state index in [9.17, 15) is 0 Å². The molecule has 4 heteroatoms. The Balaban J connectivity index is 2.12. The summed E-state index contributed by atoms with van der Waals surface area (Å²) < 4.78 is 6.29. The highest BCUT2D eigenvalue weighted by Gasteiger charge is 2.40. The normalized spacial score (nSPS) is 19.9. The van der Waals surface area contributed by atoms with Crippen LogP contribution in [0.5, 0.6) is 0 Å². The van der Waals surface area contributed by atoms with Crippen molar-refractivity contribution < 1.29 is 4.74 Å². The number of hydrogen-bond acceptors (Lipinski definition) is 4. The average Bonchev–Trinajstić information content (AvgIpc) is 2.97. The summed E-state index contributed by atoms with van der Waals surface area (Å²) in [5.41, 5.74) is 0.0217. The Morgan fingerprint density at radius 2 is 2.15 bits per heavy atom. The zero-order chi connectivity index (χ0) is 14.3. The van der Waals surface area contributed by atoms with Gasteiger partial charge in [0.05, 0.1) is 10.6 Å². The van der Waals surface area contributed by atoms with Crippen molar-refractivity contribution in [1.29, 1.82) is 0 Å². The largest absolute Gasteiger partial charge is 0.374 e. The molecule has 0 amide bonds. The van der Waals surface area contributed by atoms with E-state index in [1.807, 2.05) is 6.20 Å². The Morgan fingerprint density at radius 1 is 1.35 bits per heavy atom. The Morgan fingerprint density at radius 3 is 2.75 bits per heavy atom. The number of nitrogens with one attached hydrogen (secondary N) is 1. The van der Waals surface area contributed by atoms with Crippen LogP contribution in [0.1, 0.15) is 57.4 Å². The van der Waals surface area contributed by atoms with Gasteiger partial charge in [0, 0.05) is 30.6 Å². The Labute approximate surface area is 127 Å². The molecular weight excluding hydrogens is 268 g/mol. The molecule has 0 saturated heterocycles. The molecule has 1 N–H and O–H groups in total. The van der Waals surface area contributed by atoms with Crippen molar-refractivity contribution in [3.63, 3.8) is 0 Å². The molecule has 0 aliphatic heterocycles. The van der Waals surface area contributed by atoms with Crippen molar-refractivity contribution in [2.24, 2.45) is 0 Å². The predicted molar refractivity (Wildman–Crippen MR) is 85.3 cm³/mol. The van der Waals surface area contributed by atoms with Gasteiger partial charge in [-0.05, 0) is 32.7 Å². The van der Waals surface area contributed by atoms with Crippen LogP contribution in [0.3, 0.4) is 0 Å². The minimum absolute atomic E-state index is 0.0217. The molecule has 0 aromatic carbocycles. The van der Waals surface area contributed by atoms with Gasteiger partial charge in [-0.15, -0.1) is 11.3 Å². The summed E-state index contributed by atoms with van der Waals surface area (Å²) in [7, 11) is 0. The summed E-state index contributed by atoms with van der Waals surface area (Å²) in [4.78, 5) is 4.47. The standard InChI is InChI=1S/C16H28N2OS/c1-3-10-17-14(13-15-18-11-12-20-15)16(19-4-2)8-6-5-7-9-16/h11-12,14,17H,3-10,13H2,1-2H3. The summed E-state index contributed by atoms with van der Waals surface area (Å²) in [5.74, 6) is 0. The summed E-state index contributed by atoms with van der Waals surface area (Å²) in [6, 6.07) is 0.397. The summed E-state index contributed by atoms with van der Waals surface area (Å²) >= 11 is 1.76. The smallest absolute Gasteiger partial charge is 0.0941 e. The van der Waals surface area contributed by atoms with Crippen LogP contribution in [0.2, 0.25) is 0 Å². The van der Waals surface area contributed by atoms with E-state index in [1.165, 1.54) is 37.1 Å². The highest BCUT2D eigenvalue weighted by Crippen LogP contribution is 2.36. The topological polar surface area (TPSA) is 34.2 Å². The zero-order valence-electron chi connectivity index (χ0n) is 12.9. The molecule has 1 heterocycles. The molecule has 1 atom stereocenters. The third kappa shape index (κ3) is 4.03. The maximum Gasteiger partial charge on any atom is 0.0941 e. The van der Waals surface area contributed by atoms with Crippen molar-refractivity contribution in [3.05, 3.63) is 16.6 Å². The minimum Gasteiger partial charge on any atom is -0.374 e. The summed E-state index contributed by atoms with van der Waals surface area (Å²) in [5, 5.41) is 7.04. The molecular formula is C16H28N2OS. The Hall–Kier alpha value is -0.450. The fourth-order valence-electron chi connectivity index (χ4n) is 3.32. The molecule has 2 rings (SSSR count). The molecule has 1 saturated carbocycles. The van der Waals surface area contributed by atoms with Gasteiger partial charge < -0.3 is 10.1 Å². The molecule has 1 aromatic heterocycles. The number of thiazole rings is 1. The number of rotatable bonds is 8. The lowest BCUT2D eigenvalue weighted by atomic mass is 9.78. The quantitative estimate of drug-likeness (QED) is 0.792. The van der Waals surface area contributed by atoms with Crippen LogP contribution in [0.4, 0.5) is 0 Å². The minimum atomic E-state index is 0.0217. The SMILES string of the molecule is CCCNC(Cc1nccs1)C1(OCC)CCCCC1. The van der Waals surface area contributed by atoms with Crippen molar-refractivity contribution in [2.75, 3.05) is 13.2 Å². The average molecular weight is 296 g/mol. The highest BCUT2D eigenvalue weighted by atomic mass is 32.1. The fraction of sp³-hybridized carbons (Fsp3) is 0.812. The molecule has 114 valence electrons. The number of ether oxygens (including phenoxy) is 1. The molecule has 1 aliphatic carbocycles. The van der Waals surface area contributed by atoms with Gasteiger partial charge in [0.1, 0.15) is 0 Å². The van der Waals surface area contributed by atoms with Crippen molar-refractivity contribution in [1.82, 2.24) is 10.3 Å². The van der Waals surface area contributed by atoms with Gasteiger partial charge in [-0.1, -0.05) is 26.2 Å². The van der Waals surface area contributed by atoms with E-state index in [2.05, 4.69) is 29.5 Å². The van der Waals surface area contributed by atoms with Crippen LogP contribution in [0.15, 0.2) is 11.6 Å². The van der Waals surface area contributed by atoms with E-state index < -0.39 is 0 Å². The second kappa shape index (κ2) is 8.11. The molecule has 1 aromatic rings. The molecule has 0 spiro atoms. The third-order valence-electron chi connectivity index (χ3n) is 4.27. The lowest BCUT2D eigenvalue weighted by Gasteiger charge is -2.43. The molecule has 1 fully saturated rings. The van der Waals surface area contributed by atoms with Gasteiger partial charge >= 0.3 is 0 Å². The van der Waals surface area contributed by atoms with Crippen molar-refractivity contribution in [2.45, 2.75) is 70.4 Å². The second-order valence-corrected chi connectivity index (χ2v) is 6.67. The van der Waals surface area contributed by atoms with E-state index in [4.69, 9.17) is 4.74 Å². The first-order valence-electron chi connectivity index (χ1n) is 8.06. The van der Waals surface area contributed by atoms with Crippen LogP contribution in [-0.4, -0.2) is 29.8 Å². The summed E-state index contributed by atoms with van der Waals surface area (Å²) in [6.07, 6.45) is 10.4. The van der Waals surface area contributed by atoms with Crippen LogP contribution >= 0.6 is 11.3 Å². The second-order valence-electron chi connectivity index (χ2n) is 5.70. The van der Waals surface area contributed by atoms with Crippen LogP contribution < -0.4 is 5.32 Å². The Kier molecular flexibility index (Phi) is 6.46. The fourth-order valence-corrected chi connectivity index (χ4v) is 3.99. The zero-order valence-corrected chi connectivity index (χ0v) is 13.7.